The number of amides is 1. The number of nitrogens with two attached hydrogens (primary N) is 1. The highest BCUT2D eigenvalue weighted by Gasteiger charge is 2.47. The molecule has 1 amide bonds. The summed E-state index contributed by atoms with van der Waals surface area (Å²) in [7, 11) is 0. The number of hydrogen-bond donors (Lipinski definition) is 2. The summed E-state index contributed by atoms with van der Waals surface area (Å²) in [5, 5.41) is 12.2. The van der Waals surface area contributed by atoms with Gasteiger partial charge in [0.05, 0.1) is 0 Å². The van der Waals surface area contributed by atoms with Crippen molar-refractivity contribution < 1.29 is 10.0 Å². The van der Waals surface area contributed by atoms with Crippen LogP contribution < -0.4 is 5.73 Å². The van der Waals surface area contributed by atoms with Gasteiger partial charge in [-0.25, -0.2) is 0 Å². The van der Waals surface area contributed by atoms with E-state index in [1.54, 1.807) is 0 Å². The second-order valence-electron chi connectivity index (χ2n) is 6.17. The fraction of sp³-hybridized carbons (Fsp3) is 0.867. The predicted octanol–water partition coefficient (Wildman–Crippen LogP) is 2.33. The molecular formula is C15H27N3O2. The molecule has 0 radical (unpaired) electrons. The molecule has 2 atom stereocenters. The van der Waals surface area contributed by atoms with Gasteiger partial charge in [0, 0.05) is 12.6 Å². The van der Waals surface area contributed by atoms with Crippen LogP contribution in [0.25, 0.3) is 0 Å². The summed E-state index contributed by atoms with van der Waals surface area (Å²) in [6.07, 6.45) is 7.10. The molecule has 3 N–H and O–H groups in total. The lowest BCUT2D eigenvalue weighted by Crippen LogP contribution is -2.53. The molecule has 1 saturated carbocycles. The maximum Gasteiger partial charge on any atom is 0.236 e. The first kappa shape index (κ1) is 15.1. The summed E-state index contributed by atoms with van der Waals surface area (Å²) in [6, 6.07) is 0.375. The van der Waals surface area contributed by atoms with Gasteiger partial charge < -0.3 is 15.8 Å². The van der Waals surface area contributed by atoms with Crippen LogP contribution in [0.2, 0.25) is 0 Å². The van der Waals surface area contributed by atoms with E-state index < -0.39 is 5.41 Å². The SMILES string of the molecule is CCC(CC)(C(=O)N1CCC2CCCCC21)C(N)=NO. The Morgan fingerprint density at radius 2 is 1.95 bits per heavy atom. The number of nitrogens with zero attached hydrogens (tertiary/aromatic N) is 2. The smallest absolute Gasteiger partial charge is 0.236 e. The third kappa shape index (κ3) is 2.27. The van der Waals surface area contributed by atoms with E-state index in [1.807, 2.05) is 18.7 Å². The van der Waals surface area contributed by atoms with Crippen LogP contribution in [0, 0.1) is 11.3 Å². The minimum absolute atomic E-state index is 0.0618. The van der Waals surface area contributed by atoms with E-state index >= 15 is 0 Å². The molecule has 2 unspecified atom stereocenters. The maximum atomic E-state index is 13.0. The second kappa shape index (κ2) is 6.02. The fourth-order valence-corrected chi connectivity index (χ4v) is 4.05. The molecule has 20 heavy (non-hydrogen) atoms. The molecule has 1 saturated heterocycles. The van der Waals surface area contributed by atoms with Crippen molar-refractivity contribution in [2.24, 2.45) is 22.2 Å². The van der Waals surface area contributed by atoms with E-state index in [0.717, 1.165) is 19.4 Å². The normalized spacial score (nSPS) is 27.5. The van der Waals surface area contributed by atoms with Gasteiger partial charge in [-0.2, -0.15) is 0 Å². The average molecular weight is 281 g/mol. The number of fused-ring (bicyclic) bond motifs is 1. The molecule has 0 aromatic carbocycles. The number of oxime groups is 1. The highest BCUT2D eigenvalue weighted by molar-refractivity contribution is 6.06. The highest BCUT2D eigenvalue weighted by atomic mass is 16.4. The molecule has 114 valence electrons. The van der Waals surface area contributed by atoms with E-state index in [1.165, 1.54) is 19.3 Å². The first-order valence-electron chi connectivity index (χ1n) is 7.89. The number of carbonyl (C=O) groups is 1. The van der Waals surface area contributed by atoms with Gasteiger partial charge in [0.1, 0.15) is 5.41 Å². The van der Waals surface area contributed by atoms with Crippen LogP contribution in [0.4, 0.5) is 0 Å². The van der Waals surface area contributed by atoms with Crippen molar-refractivity contribution in [2.45, 2.75) is 64.8 Å². The Morgan fingerprint density at radius 1 is 1.30 bits per heavy atom. The summed E-state index contributed by atoms with van der Waals surface area (Å²) in [6.45, 7) is 4.70. The lowest BCUT2D eigenvalue weighted by molar-refractivity contribution is -0.140. The van der Waals surface area contributed by atoms with Crippen molar-refractivity contribution in [3.63, 3.8) is 0 Å². The molecule has 0 bridgehead atoms. The van der Waals surface area contributed by atoms with E-state index in [-0.39, 0.29) is 11.7 Å². The van der Waals surface area contributed by atoms with Crippen molar-refractivity contribution in [2.75, 3.05) is 6.54 Å². The Labute approximate surface area is 121 Å². The van der Waals surface area contributed by atoms with Crippen LogP contribution in [0.5, 0.6) is 0 Å². The zero-order valence-corrected chi connectivity index (χ0v) is 12.6. The quantitative estimate of drug-likeness (QED) is 0.359. The average Bonchev–Trinajstić information content (AvgIpc) is 2.92. The predicted molar refractivity (Wildman–Crippen MR) is 78.5 cm³/mol. The number of carbonyl (C=O) groups excluding carboxylic acids is 1. The van der Waals surface area contributed by atoms with E-state index in [0.29, 0.717) is 24.8 Å². The van der Waals surface area contributed by atoms with Gasteiger partial charge in [0.25, 0.3) is 0 Å². The lowest BCUT2D eigenvalue weighted by atomic mass is 9.78. The first-order valence-corrected chi connectivity index (χ1v) is 7.89. The van der Waals surface area contributed by atoms with Crippen LogP contribution in [-0.4, -0.2) is 34.4 Å². The molecule has 2 rings (SSSR count). The third-order valence-corrected chi connectivity index (χ3v) is 5.49. The number of amidine groups is 1. The monoisotopic (exact) mass is 281 g/mol. The van der Waals surface area contributed by atoms with Crippen LogP contribution in [0.1, 0.15) is 58.8 Å². The lowest BCUT2D eigenvalue weighted by Gasteiger charge is -2.38. The van der Waals surface area contributed by atoms with E-state index in [9.17, 15) is 4.79 Å². The van der Waals surface area contributed by atoms with Crippen molar-refractivity contribution in [1.82, 2.24) is 4.90 Å². The molecule has 2 fully saturated rings. The first-order chi connectivity index (χ1) is 9.60. The Morgan fingerprint density at radius 3 is 2.55 bits per heavy atom. The Balaban J connectivity index is 2.24. The topological polar surface area (TPSA) is 78.9 Å². The van der Waals surface area contributed by atoms with Gasteiger partial charge in [0.15, 0.2) is 5.84 Å². The van der Waals surface area contributed by atoms with Crippen molar-refractivity contribution >= 4 is 11.7 Å². The molecule has 2 aliphatic rings. The molecule has 1 aliphatic carbocycles. The van der Waals surface area contributed by atoms with Crippen molar-refractivity contribution in [3.8, 4) is 0 Å². The Bertz CT molecular complexity index is 391. The van der Waals surface area contributed by atoms with Crippen molar-refractivity contribution in [1.29, 1.82) is 0 Å². The number of rotatable bonds is 4. The third-order valence-electron chi connectivity index (χ3n) is 5.49. The van der Waals surface area contributed by atoms with Gasteiger partial charge in [-0.1, -0.05) is 31.8 Å². The standard InChI is InChI=1S/C15H27N3O2/c1-3-15(4-2,13(16)17-20)14(19)18-10-9-11-7-5-6-8-12(11)18/h11-12,20H,3-10H2,1-2H3,(H2,16,17). The molecule has 0 aromatic rings. The van der Waals surface area contributed by atoms with Gasteiger partial charge in [-0.05, 0) is 38.0 Å². The Kier molecular flexibility index (Phi) is 4.55. The summed E-state index contributed by atoms with van der Waals surface area (Å²) in [5.41, 5.74) is 5.03. The van der Waals surface area contributed by atoms with Gasteiger partial charge in [-0.3, -0.25) is 4.79 Å². The van der Waals surface area contributed by atoms with Crippen LogP contribution >= 0.6 is 0 Å². The largest absolute Gasteiger partial charge is 0.409 e. The zero-order valence-electron chi connectivity index (χ0n) is 12.6. The molecule has 5 nitrogen and oxygen atoms in total. The fourth-order valence-electron chi connectivity index (χ4n) is 4.05. The molecule has 5 heteroatoms. The van der Waals surface area contributed by atoms with Crippen molar-refractivity contribution in [3.05, 3.63) is 0 Å². The molecule has 1 aliphatic heterocycles. The van der Waals surface area contributed by atoms with E-state index in [4.69, 9.17) is 10.9 Å². The minimum Gasteiger partial charge on any atom is -0.409 e. The van der Waals surface area contributed by atoms with Gasteiger partial charge >= 0.3 is 0 Å². The summed E-state index contributed by atoms with van der Waals surface area (Å²) in [4.78, 5) is 15.1. The number of likely N-dealkylation sites (tertiary alicyclic amines) is 1. The molecular weight excluding hydrogens is 254 g/mol. The maximum absolute atomic E-state index is 13.0. The highest BCUT2D eigenvalue weighted by Crippen LogP contribution is 2.40. The van der Waals surface area contributed by atoms with Crippen LogP contribution in [0.3, 0.4) is 0 Å². The minimum atomic E-state index is -0.832. The summed E-state index contributed by atoms with van der Waals surface area (Å²) < 4.78 is 0. The zero-order chi connectivity index (χ0) is 14.8. The second-order valence-corrected chi connectivity index (χ2v) is 6.17. The van der Waals surface area contributed by atoms with Gasteiger partial charge in [0.2, 0.25) is 5.91 Å². The molecule has 0 spiro atoms. The summed E-state index contributed by atoms with van der Waals surface area (Å²) in [5.74, 6) is 0.783. The van der Waals surface area contributed by atoms with E-state index in [2.05, 4.69) is 5.16 Å². The van der Waals surface area contributed by atoms with Crippen LogP contribution in [0.15, 0.2) is 5.16 Å². The summed E-state index contributed by atoms with van der Waals surface area (Å²) >= 11 is 0. The van der Waals surface area contributed by atoms with Crippen LogP contribution in [-0.2, 0) is 4.79 Å². The van der Waals surface area contributed by atoms with Gasteiger partial charge in [-0.15, -0.1) is 0 Å². The number of hydrogen-bond acceptors (Lipinski definition) is 3. The Hall–Kier alpha value is -1.26. The molecule has 0 aromatic heterocycles. The molecule has 1 heterocycles.